The van der Waals surface area contributed by atoms with Gasteiger partial charge in [0.15, 0.2) is 0 Å². The van der Waals surface area contributed by atoms with E-state index in [-0.39, 0.29) is 10.8 Å². The molecule has 0 saturated carbocycles. The molecule has 0 aromatic heterocycles. The molecule has 3 rings (SSSR count). The third-order valence-corrected chi connectivity index (χ3v) is 5.88. The zero-order chi connectivity index (χ0) is 18.7. The SMILES string of the molecule is Cc1ccc(S(=O)(=O)Nc2cccc(C(=O)N3CCN(C)CC3)c2)cc1. The number of nitrogens with one attached hydrogen (secondary N) is 1. The lowest BCUT2D eigenvalue weighted by Gasteiger charge is -2.32. The predicted octanol–water partition coefficient (Wildman–Crippen LogP) is 2.18. The van der Waals surface area contributed by atoms with Crippen LogP contribution in [-0.4, -0.2) is 57.4 Å². The smallest absolute Gasteiger partial charge is 0.261 e. The third-order valence-electron chi connectivity index (χ3n) is 4.48. The van der Waals surface area contributed by atoms with Crippen molar-refractivity contribution in [2.45, 2.75) is 11.8 Å². The molecule has 2 aromatic rings. The number of hydrogen-bond acceptors (Lipinski definition) is 4. The highest BCUT2D eigenvalue weighted by Crippen LogP contribution is 2.19. The van der Waals surface area contributed by atoms with Gasteiger partial charge in [0.25, 0.3) is 15.9 Å². The van der Waals surface area contributed by atoms with Crippen molar-refractivity contribution >= 4 is 21.6 Å². The van der Waals surface area contributed by atoms with E-state index in [1.165, 1.54) is 0 Å². The zero-order valence-corrected chi connectivity index (χ0v) is 15.8. The maximum absolute atomic E-state index is 12.7. The summed E-state index contributed by atoms with van der Waals surface area (Å²) in [7, 11) is -1.66. The van der Waals surface area contributed by atoms with E-state index in [0.29, 0.717) is 24.3 Å². The first-order valence-corrected chi connectivity index (χ1v) is 10.0. The first kappa shape index (κ1) is 18.4. The Kier molecular flexibility index (Phi) is 5.29. The summed E-state index contributed by atoms with van der Waals surface area (Å²) in [5.74, 6) is -0.0746. The van der Waals surface area contributed by atoms with E-state index in [0.717, 1.165) is 18.7 Å². The second-order valence-electron chi connectivity index (χ2n) is 6.59. The van der Waals surface area contributed by atoms with Crippen LogP contribution in [0.5, 0.6) is 0 Å². The van der Waals surface area contributed by atoms with E-state index in [1.807, 2.05) is 14.0 Å². The largest absolute Gasteiger partial charge is 0.336 e. The van der Waals surface area contributed by atoms with Gasteiger partial charge in [0.2, 0.25) is 0 Å². The van der Waals surface area contributed by atoms with Gasteiger partial charge in [0.1, 0.15) is 0 Å². The Labute approximate surface area is 154 Å². The Hall–Kier alpha value is -2.38. The van der Waals surface area contributed by atoms with Crippen LogP contribution >= 0.6 is 0 Å². The molecule has 1 saturated heterocycles. The van der Waals surface area contributed by atoms with Gasteiger partial charge < -0.3 is 9.80 Å². The molecule has 0 atom stereocenters. The monoisotopic (exact) mass is 373 g/mol. The summed E-state index contributed by atoms with van der Waals surface area (Å²) in [5.41, 5.74) is 1.85. The zero-order valence-electron chi connectivity index (χ0n) is 15.0. The molecule has 1 fully saturated rings. The minimum atomic E-state index is -3.69. The maximum Gasteiger partial charge on any atom is 0.261 e. The molecule has 26 heavy (non-hydrogen) atoms. The number of nitrogens with zero attached hydrogens (tertiary/aromatic N) is 2. The first-order chi connectivity index (χ1) is 12.3. The van der Waals surface area contributed by atoms with Crippen LogP contribution in [0, 0.1) is 6.92 Å². The van der Waals surface area contributed by atoms with Crippen molar-refractivity contribution in [2.75, 3.05) is 37.9 Å². The lowest BCUT2D eigenvalue weighted by atomic mass is 10.1. The van der Waals surface area contributed by atoms with Gasteiger partial charge in [-0.15, -0.1) is 0 Å². The molecule has 0 unspecified atom stereocenters. The molecule has 0 bridgehead atoms. The number of anilines is 1. The summed E-state index contributed by atoms with van der Waals surface area (Å²) in [6.45, 7) is 4.93. The Bertz CT molecular complexity index is 887. The van der Waals surface area contributed by atoms with E-state index in [1.54, 1.807) is 53.4 Å². The van der Waals surface area contributed by atoms with Crippen LogP contribution in [0.15, 0.2) is 53.4 Å². The van der Waals surface area contributed by atoms with Crippen molar-refractivity contribution in [2.24, 2.45) is 0 Å². The van der Waals surface area contributed by atoms with Gasteiger partial charge in [0, 0.05) is 37.4 Å². The highest BCUT2D eigenvalue weighted by atomic mass is 32.2. The number of carbonyl (C=O) groups is 1. The molecule has 6 nitrogen and oxygen atoms in total. The molecular formula is C19H23N3O3S. The van der Waals surface area contributed by atoms with Crippen molar-refractivity contribution in [1.29, 1.82) is 0 Å². The Morgan fingerprint density at radius 3 is 2.31 bits per heavy atom. The van der Waals surface area contributed by atoms with E-state index in [2.05, 4.69) is 9.62 Å². The molecule has 1 heterocycles. The number of piperazine rings is 1. The Balaban J connectivity index is 1.77. The van der Waals surface area contributed by atoms with Crippen molar-refractivity contribution in [3.8, 4) is 0 Å². The van der Waals surface area contributed by atoms with E-state index < -0.39 is 10.0 Å². The number of amides is 1. The van der Waals surface area contributed by atoms with Crippen LogP contribution in [-0.2, 0) is 10.0 Å². The molecule has 1 N–H and O–H groups in total. The van der Waals surface area contributed by atoms with E-state index >= 15 is 0 Å². The van der Waals surface area contributed by atoms with Crippen molar-refractivity contribution < 1.29 is 13.2 Å². The predicted molar refractivity (Wildman–Crippen MR) is 102 cm³/mol. The lowest BCUT2D eigenvalue weighted by Crippen LogP contribution is -2.47. The molecule has 0 spiro atoms. The number of sulfonamides is 1. The fraction of sp³-hybridized carbons (Fsp3) is 0.316. The van der Waals surface area contributed by atoms with Gasteiger partial charge >= 0.3 is 0 Å². The van der Waals surface area contributed by atoms with Crippen molar-refractivity contribution in [3.05, 3.63) is 59.7 Å². The fourth-order valence-electron chi connectivity index (χ4n) is 2.84. The Morgan fingerprint density at radius 2 is 1.65 bits per heavy atom. The summed E-state index contributed by atoms with van der Waals surface area (Å²) < 4.78 is 27.6. The summed E-state index contributed by atoms with van der Waals surface area (Å²) in [5, 5.41) is 0. The quantitative estimate of drug-likeness (QED) is 0.892. The second-order valence-corrected chi connectivity index (χ2v) is 8.28. The Morgan fingerprint density at radius 1 is 1.00 bits per heavy atom. The maximum atomic E-state index is 12.7. The number of rotatable bonds is 4. The summed E-state index contributed by atoms with van der Waals surface area (Å²) in [4.78, 5) is 16.8. The highest BCUT2D eigenvalue weighted by molar-refractivity contribution is 7.92. The highest BCUT2D eigenvalue weighted by Gasteiger charge is 2.21. The molecule has 2 aromatic carbocycles. The van der Waals surface area contributed by atoms with Gasteiger partial charge in [-0.3, -0.25) is 9.52 Å². The van der Waals surface area contributed by atoms with Gasteiger partial charge in [-0.1, -0.05) is 23.8 Å². The molecule has 1 aliphatic heterocycles. The summed E-state index contributed by atoms with van der Waals surface area (Å²) >= 11 is 0. The average Bonchev–Trinajstić information content (AvgIpc) is 2.62. The lowest BCUT2D eigenvalue weighted by molar-refractivity contribution is 0.0664. The average molecular weight is 373 g/mol. The van der Waals surface area contributed by atoms with Crippen molar-refractivity contribution in [1.82, 2.24) is 9.80 Å². The number of hydrogen-bond donors (Lipinski definition) is 1. The van der Waals surface area contributed by atoms with Crippen LogP contribution < -0.4 is 4.72 Å². The van der Waals surface area contributed by atoms with Gasteiger partial charge in [-0.05, 0) is 44.3 Å². The minimum absolute atomic E-state index is 0.0746. The molecular weight excluding hydrogens is 350 g/mol. The van der Waals surface area contributed by atoms with Gasteiger partial charge in [0.05, 0.1) is 4.90 Å². The molecule has 1 aliphatic rings. The standard InChI is InChI=1S/C19H23N3O3S/c1-15-6-8-18(9-7-15)26(24,25)20-17-5-3-4-16(14-17)19(23)22-12-10-21(2)11-13-22/h3-9,14,20H,10-13H2,1-2H3. The van der Waals surface area contributed by atoms with Crippen LogP contribution in [0.2, 0.25) is 0 Å². The van der Waals surface area contributed by atoms with E-state index in [4.69, 9.17) is 0 Å². The van der Waals surface area contributed by atoms with Crippen LogP contribution in [0.25, 0.3) is 0 Å². The number of aryl methyl sites for hydroxylation is 1. The van der Waals surface area contributed by atoms with Crippen LogP contribution in [0.4, 0.5) is 5.69 Å². The fourth-order valence-corrected chi connectivity index (χ4v) is 3.89. The van der Waals surface area contributed by atoms with Gasteiger partial charge in [-0.2, -0.15) is 0 Å². The normalized spacial score (nSPS) is 15.7. The second kappa shape index (κ2) is 7.47. The third kappa shape index (κ3) is 4.23. The number of benzene rings is 2. The minimum Gasteiger partial charge on any atom is -0.336 e. The molecule has 138 valence electrons. The van der Waals surface area contributed by atoms with E-state index in [9.17, 15) is 13.2 Å². The number of carbonyl (C=O) groups excluding carboxylic acids is 1. The summed E-state index contributed by atoms with van der Waals surface area (Å²) in [6.07, 6.45) is 0. The first-order valence-electron chi connectivity index (χ1n) is 8.52. The van der Waals surface area contributed by atoms with Gasteiger partial charge in [-0.25, -0.2) is 8.42 Å². The topological polar surface area (TPSA) is 69.7 Å². The molecule has 1 amide bonds. The number of likely N-dealkylation sites (N-methyl/N-ethyl adjacent to an activating group) is 1. The summed E-state index contributed by atoms with van der Waals surface area (Å²) in [6, 6.07) is 13.3. The van der Waals surface area contributed by atoms with Crippen LogP contribution in [0.3, 0.4) is 0 Å². The molecule has 7 heteroatoms. The van der Waals surface area contributed by atoms with Crippen LogP contribution in [0.1, 0.15) is 15.9 Å². The molecule has 0 radical (unpaired) electrons. The molecule has 0 aliphatic carbocycles. The van der Waals surface area contributed by atoms with Crippen molar-refractivity contribution in [3.63, 3.8) is 0 Å².